The normalized spacial score (nSPS) is 12.1. The Balaban J connectivity index is 1.42. The number of aromatic amines is 1. The van der Waals surface area contributed by atoms with Crippen LogP contribution in [0.4, 0.5) is 4.79 Å². The van der Waals surface area contributed by atoms with Crippen molar-refractivity contribution in [2.75, 3.05) is 19.1 Å². The van der Waals surface area contributed by atoms with Gasteiger partial charge < -0.3 is 20.4 Å². The van der Waals surface area contributed by atoms with E-state index < -0.39 is 0 Å². The average molecular weight is 435 g/mol. The number of hydrogen-bond donors (Lipinski definition) is 3. The summed E-state index contributed by atoms with van der Waals surface area (Å²) in [5, 5.41) is 8.27. The van der Waals surface area contributed by atoms with Crippen LogP contribution in [0.5, 0.6) is 5.75 Å². The van der Waals surface area contributed by atoms with Crippen molar-refractivity contribution in [3.63, 3.8) is 0 Å². The molecule has 160 valence electrons. The van der Waals surface area contributed by atoms with E-state index in [1.165, 1.54) is 0 Å². The maximum Gasteiger partial charge on any atom is 0.315 e. The maximum atomic E-state index is 12.6. The highest BCUT2D eigenvalue weighted by molar-refractivity contribution is 7.98. The summed E-state index contributed by atoms with van der Waals surface area (Å²) in [5.41, 5.74) is 2.92. The van der Waals surface area contributed by atoms with Gasteiger partial charge in [0, 0.05) is 6.54 Å². The largest absolute Gasteiger partial charge is 0.497 e. The molecule has 1 unspecified atom stereocenters. The number of H-pyrrole nitrogens is 1. The highest BCUT2D eigenvalue weighted by atomic mass is 32.2. The quantitative estimate of drug-likeness (QED) is 0.364. The number of para-hydroxylation sites is 2. The number of benzene rings is 3. The lowest BCUT2D eigenvalue weighted by Crippen LogP contribution is -2.38. The van der Waals surface area contributed by atoms with Crippen LogP contribution in [0.1, 0.15) is 23.9 Å². The van der Waals surface area contributed by atoms with Crippen molar-refractivity contribution in [3.05, 3.63) is 72.1 Å². The van der Waals surface area contributed by atoms with Crippen molar-refractivity contribution >= 4 is 39.6 Å². The second-order valence-electron chi connectivity index (χ2n) is 7.35. The number of rotatable bonds is 8. The molecule has 1 aromatic heterocycles. The number of ether oxygens (including phenoxy) is 1. The lowest BCUT2D eigenvalue weighted by atomic mass is 10.1. The summed E-state index contributed by atoms with van der Waals surface area (Å²) in [6.07, 6.45) is 2.86. The third-order valence-corrected chi connectivity index (χ3v) is 5.86. The number of amides is 2. The number of fused-ring (bicyclic) bond motifs is 2. The van der Waals surface area contributed by atoms with E-state index in [0.29, 0.717) is 6.54 Å². The Morgan fingerprint density at radius 2 is 1.94 bits per heavy atom. The van der Waals surface area contributed by atoms with Gasteiger partial charge in [0.2, 0.25) is 0 Å². The second kappa shape index (κ2) is 9.75. The fourth-order valence-electron chi connectivity index (χ4n) is 3.55. The molecular formula is C24H26N4O2S. The molecule has 1 heterocycles. The molecule has 0 bridgehead atoms. The lowest BCUT2D eigenvalue weighted by molar-refractivity contribution is 0.236. The van der Waals surface area contributed by atoms with Gasteiger partial charge in [0.1, 0.15) is 11.6 Å². The van der Waals surface area contributed by atoms with Crippen LogP contribution in [0.2, 0.25) is 0 Å². The van der Waals surface area contributed by atoms with E-state index in [1.54, 1.807) is 18.9 Å². The summed E-state index contributed by atoms with van der Waals surface area (Å²) in [5.74, 6) is 2.54. The van der Waals surface area contributed by atoms with Crippen LogP contribution in [0, 0.1) is 0 Å². The SMILES string of the molecule is COc1ccc2cc(CNC(=O)NC(CCSC)c3nc4ccccc4[nH]3)ccc2c1. The number of imidazole rings is 1. The first-order valence-corrected chi connectivity index (χ1v) is 11.6. The van der Waals surface area contributed by atoms with Crippen LogP contribution in [0.15, 0.2) is 60.7 Å². The Bertz CT molecular complexity index is 1160. The number of carbonyl (C=O) groups is 1. The molecule has 3 N–H and O–H groups in total. The van der Waals surface area contributed by atoms with E-state index in [0.717, 1.165) is 51.1 Å². The summed E-state index contributed by atoms with van der Waals surface area (Å²) in [4.78, 5) is 20.6. The summed E-state index contributed by atoms with van der Waals surface area (Å²) >= 11 is 1.75. The number of carbonyl (C=O) groups excluding carboxylic acids is 1. The Kier molecular flexibility index (Phi) is 6.62. The van der Waals surface area contributed by atoms with Gasteiger partial charge in [-0.25, -0.2) is 9.78 Å². The highest BCUT2D eigenvalue weighted by Crippen LogP contribution is 2.22. The van der Waals surface area contributed by atoms with Gasteiger partial charge >= 0.3 is 6.03 Å². The van der Waals surface area contributed by atoms with Crippen LogP contribution in [0.25, 0.3) is 21.8 Å². The lowest BCUT2D eigenvalue weighted by Gasteiger charge is -2.17. The van der Waals surface area contributed by atoms with E-state index in [4.69, 9.17) is 4.74 Å². The van der Waals surface area contributed by atoms with Gasteiger partial charge in [0.25, 0.3) is 0 Å². The zero-order chi connectivity index (χ0) is 21.6. The summed E-state index contributed by atoms with van der Waals surface area (Å²) in [6.45, 7) is 0.448. The fourth-order valence-corrected chi connectivity index (χ4v) is 4.02. The van der Waals surface area contributed by atoms with Gasteiger partial charge in [-0.05, 0) is 65.1 Å². The second-order valence-corrected chi connectivity index (χ2v) is 8.33. The molecule has 0 saturated carbocycles. The van der Waals surface area contributed by atoms with E-state index >= 15 is 0 Å². The first kappa shape index (κ1) is 21.1. The summed E-state index contributed by atoms with van der Waals surface area (Å²) < 4.78 is 5.28. The molecule has 4 aromatic rings. The Labute approximate surface area is 185 Å². The van der Waals surface area contributed by atoms with Crippen LogP contribution in [0.3, 0.4) is 0 Å². The van der Waals surface area contributed by atoms with E-state index in [-0.39, 0.29) is 12.1 Å². The Morgan fingerprint density at radius 3 is 2.74 bits per heavy atom. The van der Waals surface area contributed by atoms with E-state index in [9.17, 15) is 4.79 Å². The first-order chi connectivity index (χ1) is 15.2. The number of hydrogen-bond acceptors (Lipinski definition) is 4. The number of urea groups is 1. The van der Waals surface area contributed by atoms with E-state index in [2.05, 4.69) is 32.9 Å². The zero-order valence-electron chi connectivity index (χ0n) is 17.6. The molecule has 3 aromatic carbocycles. The van der Waals surface area contributed by atoms with Crippen molar-refractivity contribution in [3.8, 4) is 5.75 Å². The predicted molar refractivity (Wildman–Crippen MR) is 128 cm³/mol. The van der Waals surface area contributed by atoms with Gasteiger partial charge in [-0.1, -0.05) is 30.3 Å². The van der Waals surface area contributed by atoms with Gasteiger partial charge in [0.15, 0.2) is 0 Å². The average Bonchev–Trinajstić information content (AvgIpc) is 3.24. The van der Waals surface area contributed by atoms with Gasteiger partial charge in [0.05, 0.1) is 24.2 Å². The van der Waals surface area contributed by atoms with Crippen molar-refractivity contribution in [2.24, 2.45) is 0 Å². The Morgan fingerprint density at radius 1 is 1.13 bits per heavy atom. The molecule has 1 atom stereocenters. The zero-order valence-corrected chi connectivity index (χ0v) is 18.5. The topological polar surface area (TPSA) is 79.0 Å². The van der Waals surface area contributed by atoms with Crippen LogP contribution in [-0.2, 0) is 6.54 Å². The molecule has 0 aliphatic rings. The Hall–Kier alpha value is -3.19. The molecule has 0 spiro atoms. The monoisotopic (exact) mass is 434 g/mol. The molecule has 31 heavy (non-hydrogen) atoms. The minimum atomic E-state index is -0.207. The van der Waals surface area contributed by atoms with Crippen molar-refractivity contribution < 1.29 is 9.53 Å². The molecule has 0 aliphatic carbocycles. The number of aromatic nitrogens is 2. The summed E-state index contributed by atoms with van der Waals surface area (Å²) in [7, 11) is 1.66. The minimum absolute atomic E-state index is 0.177. The molecule has 0 fully saturated rings. The number of nitrogens with one attached hydrogen (secondary N) is 3. The van der Waals surface area contributed by atoms with Crippen LogP contribution in [-0.4, -0.2) is 35.1 Å². The molecule has 2 amide bonds. The first-order valence-electron chi connectivity index (χ1n) is 10.2. The molecule has 6 nitrogen and oxygen atoms in total. The number of nitrogens with zero attached hydrogens (tertiary/aromatic N) is 1. The number of methoxy groups -OCH3 is 1. The van der Waals surface area contributed by atoms with Crippen LogP contribution < -0.4 is 15.4 Å². The highest BCUT2D eigenvalue weighted by Gasteiger charge is 2.18. The van der Waals surface area contributed by atoms with Gasteiger partial charge in [-0.3, -0.25) is 0 Å². The van der Waals surface area contributed by atoms with Crippen molar-refractivity contribution in [1.82, 2.24) is 20.6 Å². The predicted octanol–water partition coefficient (Wildman–Crippen LogP) is 5.02. The van der Waals surface area contributed by atoms with Crippen molar-refractivity contribution in [2.45, 2.75) is 19.0 Å². The van der Waals surface area contributed by atoms with Crippen LogP contribution >= 0.6 is 11.8 Å². The maximum absolute atomic E-state index is 12.6. The fraction of sp³-hybridized carbons (Fsp3) is 0.250. The molecule has 0 aliphatic heterocycles. The molecular weight excluding hydrogens is 408 g/mol. The third kappa shape index (κ3) is 5.11. The smallest absolute Gasteiger partial charge is 0.315 e. The minimum Gasteiger partial charge on any atom is -0.497 e. The summed E-state index contributed by atoms with van der Waals surface area (Å²) in [6, 6.07) is 19.6. The van der Waals surface area contributed by atoms with Gasteiger partial charge in [-0.15, -0.1) is 0 Å². The van der Waals surface area contributed by atoms with Gasteiger partial charge in [-0.2, -0.15) is 11.8 Å². The molecule has 0 saturated heterocycles. The standard InChI is InChI=1S/C24H26N4O2S/c1-30-19-10-9-17-13-16(7-8-18(17)14-19)15-25-24(29)28-22(11-12-31-2)23-26-20-5-3-4-6-21(20)27-23/h3-10,13-14,22H,11-12,15H2,1-2H3,(H,26,27)(H2,25,28,29). The third-order valence-electron chi connectivity index (χ3n) is 5.22. The van der Waals surface area contributed by atoms with Crippen molar-refractivity contribution in [1.29, 1.82) is 0 Å². The van der Waals surface area contributed by atoms with E-state index in [1.807, 2.05) is 54.6 Å². The molecule has 7 heteroatoms. The molecule has 4 rings (SSSR count). The molecule has 0 radical (unpaired) electrons. The number of thioether (sulfide) groups is 1.